The molecule has 0 spiro atoms. The second-order valence-corrected chi connectivity index (χ2v) is 3.83. The van der Waals surface area contributed by atoms with E-state index in [1.54, 1.807) is 25.1 Å². The Morgan fingerprint density at radius 1 is 1.33 bits per heavy atom. The smallest absolute Gasteiger partial charge is 0.318 e. The molecule has 0 atom stereocenters. The molecule has 80 valence electrons. The summed E-state index contributed by atoms with van der Waals surface area (Å²) in [4.78, 5) is 22.3. The van der Waals surface area contributed by atoms with Crippen LogP contribution in [0.15, 0.2) is 28.7 Å². The van der Waals surface area contributed by atoms with Gasteiger partial charge in [0.1, 0.15) is 18.0 Å². The first kappa shape index (κ1) is 11.9. The monoisotopic (exact) mass is 270 g/mol. The van der Waals surface area contributed by atoms with E-state index in [0.29, 0.717) is 16.6 Å². The number of benzene rings is 1. The highest BCUT2D eigenvalue weighted by Gasteiger charge is 2.11. The van der Waals surface area contributed by atoms with Gasteiger partial charge >= 0.3 is 5.97 Å². The lowest BCUT2D eigenvalue weighted by molar-refractivity contribution is -0.137. The third kappa shape index (κ3) is 3.83. The van der Waals surface area contributed by atoms with Crippen molar-refractivity contribution in [2.75, 3.05) is 0 Å². The molecule has 15 heavy (non-hydrogen) atoms. The van der Waals surface area contributed by atoms with Crippen molar-refractivity contribution < 1.29 is 14.3 Å². The summed E-state index contributed by atoms with van der Waals surface area (Å²) >= 11 is 3.25. The topological polar surface area (TPSA) is 43.4 Å². The van der Waals surface area contributed by atoms with Crippen LogP contribution in [0.25, 0.3) is 0 Å². The Bertz CT molecular complexity index is 374. The number of ketones is 1. The van der Waals surface area contributed by atoms with Gasteiger partial charge in [0.15, 0.2) is 0 Å². The summed E-state index contributed by atoms with van der Waals surface area (Å²) in [7, 11) is 0. The normalized spacial score (nSPS) is 9.73. The number of hydrogen-bond donors (Lipinski definition) is 0. The molecule has 0 N–H and O–H groups in total. The molecule has 1 aromatic rings. The van der Waals surface area contributed by atoms with Crippen LogP contribution in [0.5, 0.6) is 5.75 Å². The van der Waals surface area contributed by atoms with Gasteiger partial charge in [-0.15, -0.1) is 0 Å². The van der Waals surface area contributed by atoms with Gasteiger partial charge < -0.3 is 4.74 Å². The predicted molar refractivity (Wildman–Crippen MR) is 59.7 cm³/mol. The van der Waals surface area contributed by atoms with E-state index in [1.807, 2.05) is 6.07 Å². The quantitative estimate of drug-likeness (QED) is 0.480. The highest BCUT2D eigenvalue weighted by atomic mass is 79.9. The number of rotatable bonds is 4. The number of hydrogen-bond acceptors (Lipinski definition) is 3. The van der Waals surface area contributed by atoms with Gasteiger partial charge in [-0.05, 0) is 28.1 Å². The van der Waals surface area contributed by atoms with Crippen LogP contribution in [0.4, 0.5) is 0 Å². The Balaban J connectivity index is 2.59. The molecule has 0 aliphatic rings. The highest BCUT2D eigenvalue weighted by Crippen LogP contribution is 2.24. The maximum absolute atomic E-state index is 11.3. The lowest BCUT2D eigenvalue weighted by atomic mass is 10.2. The first-order valence-electron chi connectivity index (χ1n) is 4.60. The Morgan fingerprint density at radius 2 is 2.00 bits per heavy atom. The van der Waals surface area contributed by atoms with Crippen LogP contribution in [0.3, 0.4) is 0 Å². The second kappa shape index (κ2) is 5.66. The van der Waals surface area contributed by atoms with E-state index >= 15 is 0 Å². The van der Waals surface area contributed by atoms with Crippen molar-refractivity contribution in [2.24, 2.45) is 0 Å². The minimum absolute atomic E-state index is 0.118. The van der Waals surface area contributed by atoms with E-state index < -0.39 is 5.97 Å². The minimum Gasteiger partial charge on any atom is -0.425 e. The van der Waals surface area contributed by atoms with Crippen molar-refractivity contribution in [3.8, 4) is 5.75 Å². The molecule has 0 amide bonds. The number of halogens is 1. The Kier molecular flexibility index (Phi) is 4.49. The molecule has 0 aromatic heterocycles. The summed E-state index contributed by atoms with van der Waals surface area (Å²) in [6, 6.07) is 7.01. The fourth-order valence-corrected chi connectivity index (χ4v) is 1.34. The molecule has 0 unspecified atom stereocenters. The first-order chi connectivity index (χ1) is 7.13. The number of carbonyl (C=O) groups excluding carboxylic acids is 2. The largest absolute Gasteiger partial charge is 0.425 e. The van der Waals surface area contributed by atoms with Crippen molar-refractivity contribution in [1.82, 2.24) is 0 Å². The SMILES string of the molecule is CCC(=O)CC(=O)Oc1ccccc1Br. The third-order valence-electron chi connectivity index (χ3n) is 1.80. The van der Waals surface area contributed by atoms with Crippen LogP contribution in [0, 0.1) is 0 Å². The van der Waals surface area contributed by atoms with E-state index in [1.165, 1.54) is 0 Å². The van der Waals surface area contributed by atoms with Crippen LogP contribution in [0.1, 0.15) is 19.8 Å². The minimum atomic E-state index is -0.520. The second-order valence-electron chi connectivity index (χ2n) is 2.97. The molecular formula is C11H11BrO3. The van der Waals surface area contributed by atoms with Crippen LogP contribution in [-0.2, 0) is 9.59 Å². The number of para-hydroxylation sites is 1. The molecule has 0 aliphatic heterocycles. The molecule has 0 fully saturated rings. The summed E-state index contributed by atoms with van der Waals surface area (Å²) in [6.45, 7) is 1.72. The molecule has 0 heterocycles. The van der Waals surface area contributed by atoms with Crippen LogP contribution in [0.2, 0.25) is 0 Å². The number of esters is 1. The van der Waals surface area contributed by atoms with Gasteiger partial charge in [0.2, 0.25) is 0 Å². The maximum Gasteiger partial charge on any atom is 0.318 e. The van der Waals surface area contributed by atoms with Crippen molar-refractivity contribution in [2.45, 2.75) is 19.8 Å². The van der Waals surface area contributed by atoms with E-state index in [-0.39, 0.29) is 12.2 Å². The van der Waals surface area contributed by atoms with E-state index in [2.05, 4.69) is 15.9 Å². The van der Waals surface area contributed by atoms with Crippen molar-refractivity contribution in [3.63, 3.8) is 0 Å². The zero-order valence-electron chi connectivity index (χ0n) is 8.33. The molecule has 0 saturated heterocycles. The first-order valence-corrected chi connectivity index (χ1v) is 5.39. The summed E-state index contributed by atoms with van der Waals surface area (Å²) < 4.78 is 5.71. The Hall–Kier alpha value is -1.16. The van der Waals surface area contributed by atoms with Gasteiger partial charge in [0.25, 0.3) is 0 Å². The standard InChI is InChI=1S/C11H11BrO3/c1-2-8(13)7-11(14)15-10-6-4-3-5-9(10)12/h3-6H,2,7H2,1H3. The summed E-state index contributed by atoms with van der Waals surface area (Å²) in [5, 5.41) is 0. The van der Waals surface area contributed by atoms with Gasteiger partial charge in [-0.2, -0.15) is 0 Å². The van der Waals surface area contributed by atoms with Crippen LogP contribution >= 0.6 is 15.9 Å². The molecule has 0 radical (unpaired) electrons. The third-order valence-corrected chi connectivity index (χ3v) is 2.45. The van der Waals surface area contributed by atoms with E-state index in [9.17, 15) is 9.59 Å². The van der Waals surface area contributed by atoms with Gasteiger partial charge in [-0.1, -0.05) is 19.1 Å². The van der Waals surface area contributed by atoms with Gasteiger partial charge in [0.05, 0.1) is 4.47 Å². The van der Waals surface area contributed by atoms with Crippen molar-refractivity contribution in [1.29, 1.82) is 0 Å². The lowest BCUT2D eigenvalue weighted by Gasteiger charge is -2.04. The number of Topliss-reactive ketones (excluding diaryl/α,β-unsaturated/α-hetero) is 1. The number of ether oxygens (including phenoxy) is 1. The lowest BCUT2D eigenvalue weighted by Crippen LogP contribution is -2.13. The zero-order valence-corrected chi connectivity index (χ0v) is 9.91. The zero-order chi connectivity index (χ0) is 11.3. The van der Waals surface area contributed by atoms with Gasteiger partial charge in [0, 0.05) is 6.42 Å². The Morgan fingerprint density at radius 3 is 2.60 bits per heavy atom. The average Bonchev–Trinajstić information content (AvgIpc) is 2.21. The molecule has 3 nitrogen and oxygen atoms in total. The summed E-state index contributed by atoms with van der Waals surface area (Å²) in [5.74, 6) is -0.202. The Labute approximate surface area is 96.6 Å². The molecule has 0 saturated carbocycles. The molecule has 0 aliphatic carbocycles. The maximum atomic E-state index is 11.3. The molecular weight excluding hydrogens is 260 g/mol. The molecule has 0 bridgehead atoms. The van der Waals surface area contributed by atoms with Crippen molar-refractivity contribution in [3.05, 3.63) is 28.7 Å². The number of carbonyl (C=O) groups is 2. The van der Waals surface area contributed by atoms with Crippen LogP contribution in [-0.4, -0.2) is 11.8 Å². The summed E-state index contributed by atoms with van der Waals surface area (Å²) in [5.41, 5.74) is 0. The van der Waals surface area contributed by atoms with E-state index in [0.717, 1.165) is 0 Å². The van der Waals surface area contributed by atoms with Gasteiger partial charge in [-0.25, -0.2) is 0 Å². The molecule has 1 rings (SSSR count). The summed E-state index contributed by atoms with van der Waals surface area (Å²) in [6.07, 6.45) is 0.183. The molecule has 1 aromatic carbocycles. The fraction of sp³-hybridized carbons (Fsp3) is 0.273. The predicted octanol–water partition coefficient (Wildman–Crippen LogP) is 2.72. The van der Waals surface area contributed by atoms with Gasteiger partial charge in [-0.3, -0.25) is 9.59 Å². The van der Waals surface area contributed by atoms with Crippen LogP contribution < -0.4 is 4.74 Å². The molecule has 4 heteroatoms. The van der Waals surface area contributed by atoms with E-state index in [4.69, 9.17) is 4.74 Å². The highest BCUT2D eigenvalue weighted by molar-refractivity contribution is 9.10. The fourth-order valence-electron chi connectivity index (χ4n) is 0.972. The average molecular weight is 271 g/mol. The van der Waals surface area contributed by atoms with Crippen molar-refractivity contribution >= 4 is 27.7 Å².